The van der Waals surface area contributed by atoms with Gasteiger partial charge in [-0.25, -0.2) is 0 Å². The minimum absolute atomic E-state index is 0.192. The van der Waals surface area contributed by atoms with E-state index in [0.717, 1.165) is 31.7 Å². The Hall–Kier alpha value is -1.61. The van der Waals surface area contributed by atoms with Crippen LogP contribution in [0.5, 0.6) is 0 Å². The first-order chi connectivity index (χ1) is 8.72. The lowest BCUT2D eigenvalue weighted by molar-refractivity contribution is -0.118. The summed E-state index contributed by atoms with van der Waals surface area (Å²) < 4.78 is 0. The first-order valence-electron chi connectivity index (χ1n) is 6.40. The maximum atomic E-state index is 12.2. The van der Waals surface area contributed by atoms with Crippen molar-refractivity contribution in [2.75, 3.05) is 25.0 Å². The van der Waals surface area contributed by atoms with Crippen LogP contribution >= 0.6 is 0 Å². The first-order valence-corrected chi connectivity index (χ1v) is 6.40. The van der Waals surface area contributed by atoms with Crippen molar-refractivity contribution in [3.63, 3.8) is 0 Å². The smallest absolute Gasteiger partial charge is 0.227 e. The van der Waals surface area contributed by atoms with E-state index in [1.165, 1.54) is 5.56 Å². The average molecular weight is 244 g/mol. The fourth-order valence-corrected chi connectivity index (χ4v) is 2.29. The Morgan fingerprint density at radius 3 is 2.94 bits per heavy atom. The summed E-state index contributed by atoms with van der Waals surface area (Å²) in [6, 6.07) is 8.17. The van der Waals surface area contributed by atoms with E-state index < -0.39 is 0 Å². The predicted octanol–water partition coefficient (Wildman–Crippen LogP) is 2.43. The van der Waals surface area contributed by atoms with Crippen LogP contribution < -0.4 is 4.90 Å². The molecule has 0 fully saturated rings. The highest BCUT2D eigenvalue weighted by Crippen LogP contribution is 2.25. The van der Waals surface area contributed by atoms with Crippen LogP contribution in [0.15, 0.2) is 36.9 Å². The molecule has 3 heteroatoms. The SMILES string of the molecule is C=CCCC(=O)N1CCN(C)Cc2ccccc21. The van der Waals surface area contributed by atoms with Crippen LogP contribution in [0.3, 0.4) is 0 Å². The van der Waals surface area contributed by atoms with Gasteiger partial charge in [-0.05, 0) is 25.1 Å². The van der Waals surface area contributed by atoms with Crippen molar-refractivity contribution < 1.29 is 4.79 Å². The molecule has 0 aliphatic carbocycles. The van der Waals surface area contributed by atoms with Gasteiger partial charge in [-0.2, -0.15) is 0 Å². The highest BCUT2D eigenvalue weighted by molar-refractivity contribution is 5.94. The normalized spacial score (nSPS) is 15.9. The van der Waals surface area contributed by atoms with Crippen LogP contribution in [0, 0.1) is 0 Å². The van der Waals surface area contributed by atoms with E-state index in [2.05, 4.69) is 24.6 Å². The molecule has 0 saturated carbocycles. The van der Waals surface area contributed by atoms with Gasteiger partial charge in [-0.1, -0.05) is 24.3 Å². The summed E-state index contributed by atoms with van der Waals surface area (Å²) in [4.78, 5) is 16.4. The molecule has 1 heterocycles. The molecule has 1 aromatic rings. The van der Waals surface area contributed by atoms with E-state index in [-0.39, 0.29) is 5.91 Å². The molecule has 0 unspecified atom stereocenters. The van der Waals surface area contributed by atoms with Crippen molar-refractivity contribution in [3.8, 4) is 0 Å². The Kier molecular flexibility index (Phi) is 4.15. The van der Waals surface area contributed by atoms with Crippen LogP contribution in [0.4, 0.5) is 5.69 Å². The lowest BCUT2D eigenvalue weighted by Gasteiger charge is -2.22. The number of allylic oxidation sites excluding steroid dienone is 1. The van der Waals surface area contributed by atoms with Crippen molar-refractivity contribution in [2.45, 2.75) is 19.4 Å². The van der Waals surface area contributed by atoms with Crippen LogP contribution in [0.1, 0.15) is 18.4 Å². The molecule has 1 aromatic carbocycles. The van der Waals surface area contributed by atoms with Crippen molar-refractivity contribution in [2.24, 2.45) is 0 Å². The van der Waals surface area contributed by atoms with Gasteiger partial charge in [-0.15, -0.1) is 6.58 Å². The third-order valence-electron chi connectivity index (χ3n) is 3.29. The van der Waals surface area contributed by atoms with Crippen LogP contribution in [-0.2, 0) is 11.3 Å². The lowest BCUT2D eigenvalue weighted by Crippen LogP contribution is -2.34. The Morgan fingerprint density at radius 2 is 2.17 bits per heavy atom. The molecule has 3 nitrogen and oxygen atoms in total. The highest BCUT2D eigenvalue weighted by Gasteiger charge is 2.21. The number of para-hydroxylation sites is 1. The summed E-state index contributed by atoms with van der Waals surface area (Å²) >= 11 is 0. The Bertz CT molecular complexity index is 442. The van der Waals surface area contributed by atoms with Crippen molar-refractivity contribution in [1.29, 1.82) is 0 Å². The number of nitrogens with zero attached hydrogens (tertiary/aromatic N) is 2. The summed E-state index contributed by atoms with van der Waals surface area (Å²) in [6.07, 6.45) is 3.09. The summed E-state index contributed by atoms with van der Waals surface area (Å²) in [7, 11) is 2.09. The minimum Gasteiger partial charge on any atom is -0.311 e. The third-order valence-corrected chi connectivity index (χ3v) is 3.29. The maximum absolute atomic E-state index is 12.2. The van der Waals surface area contributed by atoms with Crippen LogP contribution in [-0.4, -0.2) is 30.9 Å². The van der Waals surface area contributed by atoms with E-state index >= 15 is 0 Å². The van der Waals surface area contributed by atoms with Gasteiger partial charge in [0.25, 0.3) is 0 Å². The fraction of sp³-hybridized carbons (Fsp3) is 0.400. The third kappa shape index (κ3) is 2.79. The Morgan fingerprint density at radius 1 is 1.39 bits per heavy atom. The number of amides is 1. The number of hydrogen-bond acceptors (Lipinski definition) is 2. The van der Waals surface area contributed by atoms with Gasteiger partial charge in [0.15, 0.2) is 0 Å². The zero-order valence-electron chi connectivity index (χ0n) is 10.9. The second kappa shape index (κ2) is 5.83. The maximum Gasteiger partial charge on any atom is 0.227 e. The molecule has 18 heavy (non-hydrogen) atoms. The number of likely N-dealkylation sites (N-methyl/N-ethyl adjacent to an activating group) is 1. The standard InChI is InChI=1S/C15H20N2O/c1-3-4-9-15(18)17-11-10-16(2)12-13-7-5-6-8-14(13)17/h3,5-8H,1,4,9-12H2,2H3. The Labute approximate surface area is 109 Å². The summed E-state index contributed by atoms with van der Waals surface area (Å²) in [6.45, 7) is 6.26. The molecule has 96 valence electrons. The molecule has 0 spiro atoms. The summed E-state index contributed by atoms with van der Waals surface area (Å²) in [5.74, 6) is 0.192. The number of benzene rings is 1. The zero-order valence-corrected chi connectivity index (χ0v) is 10.9. The number of carbonyl (C=O) groups excluding carboxylic acids is 1. The molecule has 0 saturated heterocycles. The molecular formula is C15H20N2O. The van der Waals surface area contributed by atoms with Crippen molar-refractivity contribution in [3.05, 3.63) is 42.5 Å². The van der Waals surface area contributed by atoms with E-state index in [1.54, 1.807) is 6.08 Å². The Balaban J connectivity index is 2.25. The van der Waals surface area contributed by atoms with Gasteiger partial charge >= 0.3 is 0 Å². The van der Waals surface area contributed by atoms with Crippen LogP contribution in [0.2, 0.25) is 0 Å². The fourth-order valence-electron chi connectivity index (χ4n) is 2.29. The molecule has 0 radical (unpaired) electrons. The zero-order chi connectivity index (χ0) is 13.0. The predicted molar refractivity (Wildman–Crippen MR) is 74.6 cm³/mol. The van der Waals surface area contributed by atoms with Crippen molar-refractivity contribution >= 4 is 11.6 Å². The van der Waals surface area contributed by atoms with Gasteiger partial charge in [-0.3, -0.25) is 4.79 Å². The molecule has 0 bridgehead atoms. The number of hydrogen-bond donors (Lipinski definition) is 0. The number of rotatable bonds is 3. The quantitative estimate of drug-likeness (QED) is 0.762. The van der Waals surface area contributed by atoms with Gasteiger partial charge in [0, 0.05) is 31.7 Å². The summed E-state index contributed by atoms with van der Waals surface area (Å²) in [5.41, 5.74) is 2.29. The number of carbonyl (C=O) groups is 1. The molecule has 1 amide bonds. The number of fused-ring (bicyclic) bond motifs is 1. The lowest BCUT2D eigenvalue weighted by atomic mass is 10.1. The van der Waals surface area contributed by atoms with Crippen LogP contribution in [0.25, 0.3) is 0 Å². The highest BCUT2D eigenvalue weighted by atomic mass is 16.2. The van der Waals surface area contributed by atoms with E-state index in [9.17, 15) is 4.79 Å². The molecule has 0 aromatic heterocycles. The van der Waals surface area contributed by atoms with E-state index in [1.807, 2.05) is 23.1 Å². The number of anilines is 1. The summed E-state index contributed by atoms with van der Waals surface area (Å²) in [5, 5.41) is 0. The van der Waals surface area contributed by atoms with Crippen molar-refractivity contribution in [1.82, 2.24) is 4.90 Å². The average Bonchev–Trinajstić information content (AvgIpc) is 2.54. The van der Waals surface area contributed by atoms with Gasteiger partial charge in [0.2, 0.25) is 5.91 Å². The van der Waals surface area contributed by atoms with Gasteiger partial charge in [0.1, 0.15) is 0 Å². The topological polar surface area (TPSA) is 23.6 Å². The molecule has 0 N–H and O–H groups in total. The van der Waals surface area contributed by atoms with Gasteiger partial charge in [0.05, 0.1) is 0 Å². The molecule has 0 atom stereocenters. The molecule has 1 aliphatic rings. The minimum atomic E-state index is 0.192. The second-order valence-electron chi connectivity index (χ2n) is 4.74. The largest absolute Gasteiger partial charge is 0.311 e. The first kappa shape index (κ1) is 12.8. The second-order valence-corrected chi connectivity index (χ2v) is 4.74. The molecule has 2 rings (SSSR count). The van der Waals surface area contributed by atoms with E-state index in [0.29, 0.717) is 6.42 Å². The molecular weight excluding hydrogens is 224 g/mol. The van der Waals surface area contributed by atoms with Gasteiger partial charge < -0.3 is 9.80 Å². The van der Waals surface area contributed by atoms with E-state index in [4.69, 9.17) is 0 Å². The molecule has 1 aliphatic heterocycles. The monoisotopic (exact) mass is 244 g/mol.